The summed E-state index contributed by atoms with van der Waals surface area (Å²) in [6.07, 6.45) is 2.04. The highest BCUT2D eigenvalue weighted by Crippen LogP contribution is 2.19. The molecule has 0 bridgehead atoms. The number of hydrogen-bond acceptors (Lipinski definition) is 7. The molecule has 0 radical (unpaired) electrons. The monoisotopic (exact) mass is 298 g/mol. The summed E-state index contributed by atoms with van der Waals surface area (Å²) in [4.78, 5) is 31.7. The standard InChI is InChI=1S/C13H18N2O4S/c1-4-9-8-20-13(15-9)14-7-10(11(16)18-5-2)12(17)19-6-3/h7-8,10H,4-6H2,1-3H3. The summed E-state index contributed by atoms with van der Waals surface area (Å²) in [6.45, 7) is 5.72. The van der Waals surface area contributed by atoms with E-state index in [0.717, 1.165) is 12.1 Å². The molecule has 0 fully saturated rings. The van der Waals surface area contributed by atoms with Gasteiger partial charge in [-0.05, 0) is 20.3 Å². The second-order valence-electron chi connectivity index (χ2n) is 3.73. The van der Waals surface area contributed by atoms with E-state index in [2.05, 4.69) is 9.98 Å². The predicted octanol–water partition coefficient (Wildman–Crippen LogP) is 2.15. The number of ether oxygens (including phenoxy) is 2. The summed E-state index contributed by atoms with van der Waals surface area (Å²) in [5.41, 5.74) is 0.922. The average Bonchev–Trinajstić information content (AvgIpc) is 2.87. The van der Waals surface area contributed by atoms with Gasteiger partial charge in [0, 0.05) is 11.6 Å². The van der Waals surface area contributed by atoms with Crippen molar-refractivity contribution in [1.82, 2.24) is 4.98 Å². The van der Waals surface area contributed by atoms with Gasteiger partial charge in [-0.1, -0.05) is 6.92 Å². The van der Waals surface area contributed by atoms with Gasteiger partial charge in [-0.25, -0.2) is 9.98 Å². The number of esters is 2. The van der Waals surface area contributed by atoms with Crippen molar-refractivity contribution in [3.8, 4) is 0 Å². The van der Waals surface area contributed by atoms with E-state index in [0.29, 0.717) is 5.13 Å². The molecule has 0 aliphatic carbocycles. The SMILES string of the molecule is CCOC(=O)C(C=Nc1nc(CC)cs1)C(=O)OCC. The molecule has 0 aliphatic rings. The zero-order valence-corrected chi connectivity index (χ0v) is 12.6. The molecule has 0 spiro atoms. The number of aliphatic imine (C=N–C) groups is 1. The molecule has 0 atom stereocenters. The van der Waals surface area contributed by atoms with Crippen molar-refractivity contribution in [2.75, 3.05) is 13.2 Å². The van der Waals surface area contributed by atoms with E-state index in [1.807, 2.05) is 12.3 Å². The lowest BCUT2D eigenvalue weighted by Crippen LogP contribution is -2.29. The van der Waals surface area contributed by atoms with E-state index in [-0.39, 0.29) is 13.2 Å². The number of carbonyl (C=O) groups is 2. The van der Waals surface area contributed by atoms with Crippen molar-refractivity contribution < 1.29 is 19.1 Å². The smallest absolute Gasteiger partial charge is 0.325 e. The number of aromatic nitrogens is 1. The van der Waals surface area contributed by atoms with E-state index in [9.17, 15) is 9.59 Å². The lowest BCUT2D eigenvalue weighted by Gasteiger charge is -2.09. The molecular weight excluding hydrogens is 280 g/mol. The van der Waals surface area contributed by atoms with Gasteiger partial charge in [0.2, 0.25) is 5.13 Å². The molecule has 0 saturated carbocycles. The van der Waals surface area contributed by atoms with Crippen LogP contribution >= 0.6 is 11.3 Å². The first kappa shape index (κ1) is 16.3. The van der Waals surface area contributed by atoms with E-state index >= 15 is 0 Å². The molecule has 0 N–H and O–H groups in total. The lowest BCUT2D eigenvalue weighted by atomic mass is 10.2. The van der Waals surface area contributed by atoms with Gasteiger partial charge in [0.15, 0.2) is 5.92 Å². The highest BCUT2D eigenvalue weighted by Gasteiger charge is 2.27. The first-order valence-electron chi connectivity index (χ1n) is 6.44. The van der Waals surface area contributed by atoms with Crippen LogP contribution < -0.4 is 0 Å². The number of nitrogens with zero attached hydrogens (tertiary/aromatic N) is 2. The highest BCUT2D eigenvalue weighted by molar-refractivity contribution is 7.13. The lowest BCUT2D eigenvalue weighted by molar-refractivity contribution is -0.157. The molecule has 0 unspecified atom stereocenters. The Morgan fingerprint density at radius 2 is 1.90 bits per heavy atom. The van der Waals surface area contributed by atoms with Crippen LogP contribution in [-0.2, 0) is 25.5 Å². The highest BCUT2D eigenvalue weighted by atomic mass is 32.1. The van der Waals surface area contributed by atoms with Crippen LogP contribution in [0.4, 0.5) is 5.13 Å². The molecule has 0 aliphatic heterocycles. The van der Waals surface area contributed by atoms with Crippen molar-refractivity contribution in [2.24, 2.45) is 10.9 Å². The molecule has 0 amide bonds. The van der Waals surface area contributed by atoms with Crippen molar-refractivity contribution in [1.29, 1.82) is 0 Å². The van der Waals surface area contributed by atoms with Gasteiger partial charge in [-0.2, -0.15) is 0 Å². The van der Waals surface area contributed by atoms with Crippen molar-refractivity contribution in [2.45, 2.75) is 27.2 Å². The van der Waals surface area contributed by atoms with Crippen LogP contribution in [0, 0.1) is 5.92 Å². The minimum atomic E-state index is -1.15. The average molecular weight is 298 g/mol. The van der Waals surface area contributed by atoms with Gasteiger partial charge in [0.05, 0.1) is 18.9 Å². The summed E-state index contributed by atoms with van der Waals surface area (Å²) >= 11 is 1.35. The van der Waals surface area contributed by atoms with Crippen LogP contribution in [-0.4, -0.2) is 36.4 Å². The van der Waals surface area contributed by atoms with Crippen LogP contribution in [0.2, 0.25) is 0 Å². The van der Waals surface area contributed by atoms with Gasteiger partial charge in [-0.3, -0.25) is 9.59 Å². The van der Waals surface area contributed by atoms with Crippen LogP contribution in [0.25, 0.3) is 0 Å². The summed E-state index contributed by atoms with van der Waals surface area (Å²) in [5.74, 6) is -2.48. The maximum atomic E-state index is 11.7. The Morgan fingerprint density at radius 1 is 1.30 bits per heavy atom. The molecule has 0 aromatic carbocycles. The summed E-state index contributed by atoms with van der Waals surface area (Å²) in [7, 11) is 0. The third kappa shape index (κ3) is 4.73. The molecule has 0 saturated heterocycles. The van der Waals surface area contributed by atoms with E-state index in [1.165, 1.54) is 17.6 Å². The fraction of sp³-hybridized carbons (Fsp3) is 0.538. The number of hydrogen-bond donors (Lipinski definition) is 0. The molecule has 7 heteroatoms. The minimum absolute atomic E-state index is 0.194. The van der Waals surface area contributed by atoms with E-state index < -0.39 is 17.9 Å². The van der Waals surface area contributed by atoms with E-state index in [1.54, 1.807) is 13.8 Å². The predicted molar refractivity (Wildman–Crippen MR) is 76.4 cm³/mol. The zero-order chi connectivity index (χ0) is 15.0. The van der Waals surface area contributed by atoms with Crippen molar-refractivity contribution in [3.05, 3.63) is 11.1 Å². The van der Waals surface area contributed by atoms with E-state index in [4.69, 9.17) is 9.47 Å². The van der Waals surface area contributed by atoms with Crippen LogP contribution in [0.1, 0.15) is 26.5 Å². The molecule has 20 heavy (non-hydrogen) atoms. The largest absolute Gasteiger partial charge is 0.465 e. The molecule has 1 aromatic heterocycles. The Morgan fingerprint density at radius 3 is 2.35 bits per heavy atom. The summed E-state index contributed by atoms with van der Waals surface area (Å²) in [5, 5.41) is 2.39. The second kappa shape index (κ2) is 8.42. The first-order valence-corrected chi connectivity index (χ1v) is 7.32. The molecule has 1 rings (SSSR count). The van der Waals surface area contributed by atoms with Gasteiger partial charge in [0.1, 0.15) is 0 Å². The fourth-order valence-corrected chi connectivity index (χ4v) is 2.09. The van der Waals surface area contributed by atoms with Gasteiger partial charge in [-0.15, -0.1) is 11.3 Å². The zero-order valence-electron chi connectivity index (χ0n) is 11.8. The van der Waals surface area contributed by atoms with Crippen molar-refractivity contribution in [3.63, 3.8) is 0 Å². The second-order valence-corrected chi connectivity index (χ2v) is 4.57. The van der Waals surface area contributed by atoms with Crippen LogP contribution in [0.5, 0.6) is 0 Å². The van der Waals surface area contributed by atoms with Gasteiger partial charge in [0.25, 0.3) is 0 Å². The number of rotatable bonds is 7. The minimum Gasteiger partial charge on any atom is -0.465 e. The third-order valence-corrected chi connectivity index (χ3v) is 3.11. The molecule has 1 heterocycles. The number of thiazole rings is 1. The molecule has 110 valence electrons. The fourth-order valence-electron chi connectivity index (χ4n) is 1.34. The van der Waals surface area contributed by atoms with Crippen LogP contribution in [0.3, 0.4) is 0 Å². The van der Waals surface area contributed by atoms with Crippen molar-refractivity contribution >= 4 is 34.6 Å². The maximum absolute atomic E-state index is 11.7. The maximum Gasteiger partial charge on any atom is 0.325 e. The Kier molecular flexibility index (Phi) is 6.86. The van der Waals surface area contributed by atoms with Gasteiger partial charge >= 0.3 is 11.9 Å². The Hall–Kier alpha value is -1.76. The number of carbonyl (C=O) groups excluding carboxylic acids is 2. The summed E-state index contributed by atoms with van der Waals surface area (Å²) in [6, 6.07) is 0. The Bertz CT molecular complexity index is 466. The summed E-state index contributed by atoms with van der Waals surface area (Å²) < 4.78 is 9.68. The topological polar surface area (TPSA) is 77.9 Å². The Labute approximate surface area is 121 Å². The number of aryl methyl sites for hydroxylation is 1. The molecular formula is C13H18N2O4S. The van der Waals surface area contributed by atoms with Crippen LogP contribution in [0.15, 0.2) is 10.4 Å². The first-order chi connectivity index (χ1) is 9.62. The molecule has 6 nitrogen and oxygen atoms in total. The normalized spacial score (nSPS) is 11.0. The van der Waals surface area contributed by atoms with Gasteiger partial charge < -0.3 is 9.47 Å². The third-order valence-electron chi connectivity index (χ3n) is 2.32. The molecule has 1 aromatic rings. The Balaban J connectivity index is 2.82. The quantitative estimate of drug-likeness (QED) is 0.438.